The Labute approximate surface area is 155 Å². The standard InChI is InChI=1S/C21H26N4O/c26-21(25-11-3-4-12-25)19-8-6-18(7-9-19)17-23-13-15-24(16-14-23)20-5-1-2-10-22-20/h1-2,5-10H,3-4,11-17H2. The van der Waals surface area contributed by atoms with Crippen LogP contribution in [0.15, 0.2) is 48.7 Å². The average molecular weight is 350 g/mol. The number of anilines is 1. The molecule has 5 heteroatoms. The van der Waals surface area contributed by atoms with Crippen LogP contribution in [0.1, 0.15) is 28.8 Å². The van der Waals surface area contributed by atoms with E-state index in [0.29, 0.717) is 0 Å². The fourth-order valence-electron chi connectivity index (χ4n) is 3.79. The maximum Gasteiger partial charge on any atom is 0.253 e. The highest BCUT2D eigenvalue weighted by atomic mass is 16.2. The molecule has 0 unspecified atom stereocenters. The van der Waals surface area contributed by atoms with E-state index in [1.165, 1.54) is 5.56 Å². The molecule has 0 N–H and O–H groups in total. The van der Waals surface area contributed by atoms with Crippen molar-refractivity contribution in [1.82, 2.24) is 14.8 Å². The number of piperazine rings is 1. The molecule has 0 saturated carbocycles. The highest BCUT2D eigenvalue weighted by Gasteiger charge is 2.20. The maximum absolute atomic E-state index is 12.4. The molecule has 0 radical (unpaired) electrons. The maximum atomic E-state index is 12.4. The van der Waals surface area contributed by atoms with Gasteiger partial charge in [0.1, 0.15) is 5.82 Å². The zero-order chi connectivity index (χ0) is 17.8. The molecule has 0 aliphatic carbocycles. The van der Waals surface area contributed by atoms with Gasteiger partial charge in [-0.25, -0.2) is 4.98 Å². The van der Waals surface area contributed by atoms with Crippen LogP contribution >= 0.6 is 0 Å². The minimum Gasteiger partial charge on any atom is -0.354 e. The number of nitrogens with zero attached hydrogens (tertiary/aromatic N) is 4. The quantitative estimate of drug-likeness (QED) is 0.850. The first kappa shape index (κ1) is 17.0. The molecule has 136 valence electrons. The molecule has 1 amide bonds. The summed E-state index contributed by atoms with van der Waals surface area (Å²) in [6.45, 7) is 6.82. The summed E-state index contributed by atoms with van der Waals surface area (Å²) in [7, 11) is 0. The minimum absolute atomic E-state index is 0.179. The predicted octanol–water partition coefficient (Wildman–Crippen LogP) is 2.64. The molecule has 0 atom stereocenters. The Balaban J connectivity index is 1.30. The molecular formula is C21H26N4O. The molecule has 4 rings (SSSR count). The van der Waals surface area contributed by atoms with E-state index in [1.807, 2.05) is 35.4 Å². The first-order valence-electron chi connectivity index (χ1n) is 9.56. The summed E-state index contributed by atoms with van der Waals surface area (Å²) in [5, 5.41) is 0. The Kier molecular flexibility index (Phi) is 5.16. The number of pyridine rings is 1. The fraction of sp³-hybridized carbons (Fsp3) is 0.429. The van der Waals surface area contributed by atoms with Crippen LogP contribution in [-0.4, -0.2) is 60.0 Å². The zero-order valence-electron chi connectivity index (χ0n) is 15.2. The molecule has 3 heterocycles. The first-order valence-corrected chi connectivity index (χ1v) is 9.56. The lowest BCUT2D eigenvalue weighted by molar-refractivity contribution is 0.0793. The van der Waals surface area contributed by atoms with Crippen LogP contribution in [0, 0.1) is 0 Å². The van der Waals surface area contributed by atoms with Crippen LogP contribution in [0.3, 0.4) is 0 Å². The molecule has 1 aromatic heterocycles. The van der Waals surface area contributed by atoms with Crippen molar-refractivity contribution in [1.29, 1.82) is 0 Å². The molecule has 0 bridgehead atoms. The molecule has 26 heavy (non-hydrogen) atoms. The summed E-state index contributed by atoms with van der Waals surface area (Å²) >= 11 is 0. The van der Waals surface area contributed by atoms with Gasteiger partial charge in [-0.2, -0.15) is 0 Å². The van der Waals surface area contributed by atoms with Gasteiger partial charge in [-0.3, -0.25) is 9.69 Å². The van der Waals surface area contributed by atoms with E-state index in [4.69, 9.17) is 0 Å². The van der Waals surface area contributed by atoms with Crippen LogP contribution < -0.4 is 4.90 Å². The Morgan fingerprint density at radius 3 is 2.27 bits per heavy atom. The van der Waals surface area contributed by atoms with E-state index in [1.54, 1.807) is 0 Å². The Hall–Kier alpha value is -2.40. The summed E-state index contributed by atoms with van der Waals surface area (Å²) in [6, 6.07) is 14.3. The fourth-order valence-corrected chi connectivity index (χ4v) is 3.79. The molecule has 0 spiro atoms. The summed E-state index contributed by atoms with van der Waals surface area (Å²) in [6.07, 6.45) is 4.12. The second kappa shape index (κ2) is 7.87. The van der Waals surface area contributed by atoms with Gasteiger partial charge >= 0.3 is 0 Å². The number of carbonyl (C=O) groups excluding carboxylic acids is 1. The van der Waals surface area contributed by atoms with Gasteiger partial charge in [0, 0.05) is 57.6 Å². The lowest BCUT2D eigenvalue weighted by Crippen LogP contribution is -2.46. The summed E-state index contributed by atoms with van der Waals surface area (Å²) in [5.41, 5.74) is 2.09. The molecule has 2 fully saturated rings. The summed E-state index contributed by atoms with van der Waals surface area (Å²) < 4.78 is 0. The second-order valence-corrected chi connectivity index (χ2v) is 7.15. The van der Waals surface area contributed by atoms with Gasteiger partial charge in [-0.15, -0.1) is 0 Å². The van der Waals surface area contributed by atoms with E-state index in [0.717, 1.165) is 70.0 Å². The van der Waals surface area contributed by atoms with E-state index in [-0.39, 0.29) is 5.91 Å². The third-order valence-electron chi connectivity index (χ3n) is 5.35. The number of benzene rings is 1. The topological polar surface area (TPSA) is 39.7 Å². The molecule has 5 nitrogen and oxygen atoms in total. The molecule has 2 saturated heterocycles. The highest BCUT2D eigenvalue weighted by molar-refractivity contribution is 5.94. The lowest BCUT2D eigenvalue weighted by Gasteiger charge is -2.35. The van der Waals surface area contributed by atoms with Gasteiger partial charge in [-0.1, -0.05) is 18.2 Å². The SMILES string of the molecule is O=C(c1ccc(CN2CCN(c3ccccn3)CC2)cc1)N1CCCC1. The Bertz CT molecular complexity index is 717. The largest absolute Gasteiger partial charge is 0.354 e. The van der Waals surface area contributed by atoms with Crippen molar-refractivity contribution >= 4 is 11.7 Å². The third kappa shape index (κ3) is 3.88. The van der Waals surface area contributed by atoms with Crippen molar-refractivity contribution in [3.8, 4) is 0 Å². The number of likely N-dealkylation sites (tertiary alicyclic amines) is 1. The number of hydrogen-bond acceptors (Lipinski definition) is 4. The van der Waals surface area contributed by atoms with Gasteiger partial charge in [0.05, 0.1) is 0 Å². The minimum atomic E-state index is 0.179. The van der Waals surface area contributed by atoms with E-state index >= 15 is 0 Å². The van der Waals surface area contributed by atoms with Gasteiger partial charge in [-0.05, 0) is 42.7 Å². The molecule has 1 aromatic carbocycles. The van der Waals surface area contributed by atoms with Crippen LogP contribution in [0.2, 0.25) is 0 Å². The molecule has 2 aliphatic heterocycles. The zero-order valence-corrected chi connectivity index (χ0v) is 15.2. The van der Waals surface area contributed by atoms with Gasteiger partial charge in [0.15, 0.2) is 0 Å². The first-order chi connectivity index (χ1) is 12.8. The lowest BCUT2D eigenvalue weighted by atomic mass is 10.1. The van der Waals surface area contributed by atoms with Gasteiger partial charge in [0.25, 0.3) is 5.91 Å². The van der Waals surface area contributed by atoms with Crippen LogP contribution in [0.4, 0.5) is 5.82 Å². The summed E-state index contributed by atoms with van der Waals surface area (Å²) in [4.78, 5) is 23.6. The number of aromatic nitrogens is 1. The number of carbonyl (C=O) groups is 1. The molecule has 2 aromatic rings. The Morgan fingerprint density at radius 1 is 0.885 bits per heavy atom. The van der Waals surface area contributed by atoms with Crippen LogP contribution in [0.5, 0.6) is 0 Å². The van der Waals surface area contributed by atoms with Crippen molar-refractivity contribution < 1.29 is 4.79 Å². The van der Waals surface area contributed by atoms with Crippen molar-refractivity contribution in [2.45, 2.75) is 19.4 Å². The van der Waals surface area contributed by atoms with E-state index in [2.05, 4.69) is 33.0 Å². The predicted molar refractivity (Wildman–Crippen MR) is 103 cm³/mol. The van der Waals surface area contributed by atoms with Gasteiger partial charge < -0.3 is 9.80 Å². The van der Waals surface area contributed by atoms with Crippen LogP contribution in [-0.2, 0) is 6.54 Å². The van der Waals surface area contributed by atoms with E-state index in [9.17, 15) is 4.79 Å². The van der Waals surface area contributed by atoms with Gasteiger partial charge in [0.2, 0.25) is 0 Å². The monoisotopic (exact) mass is 350 g/mol. The van der Waals surface area contributed by atoms with Crippen molar-refractivity contribution in [2.75, 3.05) is 44.2 Å². The Morgan fingerprint density at radius 2 is 1.62 bits per heavy atom. The number of hydrogen-bond donors (Lipinski definition) is 0. The summed E-state index contributed by atoms with van der Waals surface area (Å²) in [5.74, 6) is 1.25. The van der Waals surface area contributed by atoms with E-state index < -0.39 is 0 Å². The van der Waals surface area contributed by atoms with Crippen molar-refractivity contribution in [2.24, 2.45) is 0 Å². The number of rotatable bonds is 4. The second-order valence-electron chi connectivity index (χ2n) is 7.15. The number of amides is 1. The smallest absolute Gasteiger partial charge is 0.253 e. The molecular weight excluding hydrogens is 324 g/mol. The molecule has 2 aliphatic rings. The normalized spacial score (nSPS) is 18.3. The van der Waals surface area contributed by atoms with Crippen molar-refractivity contribution in [3.05, 3.63) is 59.8 Å². The average Bonchev–Trinajstić information content (AvgIpc) is 3.24. The van der Waals surface area contributed by atoms with Crippen LogP contribution in [0.25, 0.3) is 0 Å². The highest BCUT2D eigenvalue weighted by Crippen LogP contribution is 2.16. The third-order valence-corrected chi connectivity index (χ3v) is 5.35. The van der Waals surface area contributed by atoms with Crippen molar-refractivity contribution in [3.63, 3.8) is 0 Å².